The first-order chi connectivity index (χ1) is 7.09. The standard InChI is InChI=1S/C9H7Cl3N2O/c10-4-1-2-5(11)8(12)7(4)6-3-13-9(15)14-6/h1-2,6H,3H2,(H2,13,14,15)/t6-/m0/s1. The maximum Gasteiger partial charge on any atom is 0.315 e. The highest BCUT2D eigenvalue weighted by molar-refractivity contribution is 6.44. The Morgan fingerprint density at radius 3 is 2.47 bits per heavy atom. The van der Waals surface area contributed by atoms with Crippen molar-refractivity contribution in [3.63, 3.8) is 0 Å². The second-order valence-corrected chi connectivity index (χ2v) is 4.36. The number of urea groups is 1. The minimum absolute atomic E-state index is 0.226. The Hall–Kier alpha value is -0.640. The average molecular weight is 266 g/mol. The smallest absolute Gasteiger partial charge is 0.315 e. The molecule has 1 aliphatic heterocycles. The van der Waals surface area contributed by atoms with Gasteiger partial charge in [-0.15, -0.1) is 0 Å². The molecule has 0 unspecified atom stereocenters. The molecule has 0 aromatic heterocycles. The Morgan fingerprint density at radius 2 is 1.87 bits per heavy atom. The highest BCUT2D eigenvalue weighted by Crippen LogP contribution is 2.36. The molecule has 15 heavy (non-hydrogen) atoms. The van der Waals surface area contributed by atoms with E-state index in [1.807, 2.05) is 0 Å². The molecule has 1 atom stereocenters. The van der Waals surface area contributed by atoms with Crippen LogP contribution in [0.5, 0.6) is 0 Å². The van der Waals surface area contributed by atoms with Crippen molar-refractivity contribution in [2.45, 2.75) is 6.04 Å². The molecule has 1 aliphatic rings. The SMILES string of the molecule is O=C1NC[C@@H](c2c(Cl)ccc(Cl)c2Cl)N1. The molecule has 1 fully saturated rings. The van der Waals surface area contributed by atoms with Gasteiger partial charge in [0.15, 0.2) is 0 Å². The molecule has 0 bridgehead atoms. The van der Waals surface area contributed by atoms with Gasteiger partial charge in [-0.05, 0) is 12.1 Å². The first-order valence-electron chi connectivity index (χ1n) is 4.27. The molecule has 1 aromatic rings. The van der Waals surface area contributed by atoms with E-state index >= 15 is 0 Å². The van der Waals surface area contributed by atoms with Crippen LogP contribution >= 0.6 is 34.8 Å². The number of nitrogens with one attached hydrogen (secondary N) is 2. The molecule has 2 rings (SSSR count). The van der Waals surface area contributed by atoms with Crippen molar-refractivity contribution in [3.8, 4) is 0 Å². The fourth-order valence-corrected chi connectivity index (χ4v) is 2.29. The Balaban J connectivity index is 2.43. The molecule has 1 saturated heterocycles. The van der Waals surface area contributed by atoms with Crippen molar-refractivity contribution < 1.29 is 4.79 Å². The summed E-state index contributed by atoms with van der Waals surface area (Å²) < 4.78 is 0. The quantitative estimate of drug-likeness (QED) is 0.753. The Bertz CT molecular complexity index is 422. The molecular formula is C9H7Cl3N2O. The fraction of sp³-hybridized carbons (Fsp3) is 0.222. The molecule has 6 heteroatoms. The van der Waals surface area contributed by atoms with Crippen LogP contribution in [0.1, 0.15) is 11.6 Å². The monoisotopic (exact) mass is 264 g/mol. The molecule has 80 valence electrons. The van der Waals surface area contributed by atoms with Crippen molar-refractivity contribution in [3.05, 3.63) is 32.8 Å². The predicted molar refractivity (Wildman–Crippen MR) is 60.7 cm³/mol. The van der Waals surface area contributed by atoms with E-state index in [9.17, 15) is 4.79 Å². The zero-order valence-electron chi connectivity index (χ0n) is 7.48. The summed E-state index contributed by atoms with van der Waals surface area (Å²) in [5.74, 6) is 0. The molecular weight excluding hydrogens is 258 g/mol. The van der Waals surface area contributed by atoms with Gasteiger partial charge >= 0.3 is 6.03 Å². The zero-order chi connectivity index (χ0) is 11.0. The molecule has 0 aliphatic carbocycles. The third-order valence-corrected chi connectivity index (χ3v) is 3.35. The van der Waals surface area contributed by atoms with Crippen LogP contribution in [0.15, 0.2) is 12.1 Å². The van der Waals surface area contributed by atoms with Crippen LogP contribution in [0, 0.1) is 0 Å². The molecule has 2 N–H and O–H groups in total. The van der Waals surface area contributed by atoms with Gasteiger partial charge in [0.2, 0.25) is 0 Å². The van der Waals surface area contributed by atoms with Gasteiger partial charge in [-0.25, -0.2) is 4.79 Å². The number of rotatable bonds is 1. The number of amides is 2. The van der Waals surface area contributed by atoms with Crippen molar-refractivity contribution in [1.82, 2.24) is 10.6 Å². The first kappa shape index (κ1) is 10.9. The zero-order valence-corrected chi connectivity index (χ0v) is 9.75. The van der Waals surface area contributed by atoms with Crippen molar-refractivity contribution >= 4 is 40.8 Å². The molecule has 3 nitrogen and oxygen atoms in total. The van der Waals surface area contributed by atoms with Crippen LogP contribution in [0.4, 0.5) is 4.79 Å². The maximum atomic E-state index is 11.0. The lowest BCUT2D eigenvalue weighted by molar-refractivity contribution is 0.247. The summed E-state index contributed by atoms with van der Waals surface area (Å²) in [4.78, 5) is 11.0. The topological polar surface area (TPSA) is 41.1 Å². The lowest BCUT2D eigenvalue weighted by Gasteiger charge is -2.13. The number of benzene rings is 1. The number of hydrogen-bond acceptors (Lipinski definition) is 1. The largest absolute Gasteiger partial charge is 0.336 e. The summed E-state index contributed by atoms with van der Waals surface area (Å²) in [6.07, 6.45) is 0. The van der Waals surface area contributed by atoms with E-state index in [1.54, 1.807) is 12.1 Å². The Kier molecular flexibility index (Phi) is 2.96. The van der Waals surface area contributed by atoms with Gasteiger partial charge in [0, 0.05) is 17.1 Å². The first-order valence-corrected chi connectivity index (χ1v) is 5.40. The third-order valence-electron chi connectivity index (χ3n) is 2.20. The fourth-order valence-electron chi connectivity index (χ4n) is 1.49. The average Bonchev–Trinajstić information content (AvgIpc) is 2.59. The van der Waals surface area contributed by atoms with E-state index in [-0.39, 0.29) is 12.1 Å². The lowest BCUT2D eigenvalue weighted by atomic mass is 10.1. The van der Waals surface area contributed by atoms with Crippen LogP contribution in [0.2, 0.25) is 15.1 Å². The van der Waals surface area contributed by atoms with Crippen LogP contribution in [0.25, 0.3) is 0 Å². The molecule has 0 spiro atoms. The molecule has 2 amide bonds. The van der Waals surface area contributed by atoms with Gasteiger partial charge in [-0.1, -0.05) is 34.8 Å². The van der Waals surface area contributed by atoms with Gasteiger partial charge < -0.3 is 10.6 Å². The van der Waals surface area contributed by atoms with Gasteiger partial charge in [-0.3, -0.25) is 0 Å². The highest BCUT2D eigenvalue weighted by atomic mass is 35.5. The van der Waals surface area contributed by atoms with Crippen LogP contribution in [-0.2, 0) is 0 Å². The minimum Gasteiger partial charge on any atom is -0.336 e. The van der Waals surface area contributed by atoms with E-state index in [0.717, 1.165) is 0 Å². The van der Waals surface area contributed by atoms with Gasteiger partial charge in [0.1, 0.15) is 0 Å². The van der Waals surface area contributed by atoms with Crippen molar-refractivity contribution in [2.75, 3.05) is 6.54 Å². The molecule has 0 saturated carbocycles. The summed E-state index contributed by atoms with van der Waals surface area (Å²) >= 11 is 17.9. The van der Waals surface area contributed by atoms with Crippen LogP contribution < -0.4 is 10.6 Å². The second-order valence-electron chi connectivity index (χ2n) is 3.16. The van der Waals surface area contributed by atoms with E-state index in [2.05, 4.69) is 10.6 Å². The summed E-state index contributed by atoms with van der Waals surface area (Å²) in [6, 6.07) is 2.83. The number of carbonyl (C=O) groups is 1. The van der Waals surface area contributed by atoms with Gasteiger partial charge in [0.25, 0.3) is 0 Å². The molecule has 1 aromatic carbocycles. The summed E-state index contributed by atoms with van der Waals surface area (Å²) in [5.41, 5.74) is 0.657. The number of halogens is 3. The number of hydrogen-bond donors (Lipinski definition) is 2. The minimum atomic E-state index is -0.230. The summed E-state index contributed by atoms with van der Waals surface area (Å²) in [6.45, 7) is 0.457. The number of carbonyl (C=O) groups excluding carboxylic acids is 1. The van der Waals surface area contributed by atoms with E-state index in [4.69, 9.17) is 34.8 Å². The Labute approximate surface area is 102 Å². The Morgan fingerprint density at radius 1 is 1.20 bits per heavy atom. The highest BCUT2D eigenvalue weighted by Gasteiger charge is 2.26. The summed E-state index contributed by atoms with van der Waals surface area (Å²) in [7, 11) is 0. The van der Waals surface area contributed by atoms with E-state index in [1.165, 1.54) is 0 Å². The predicted octanol–water partition coefficient (Wildman–Crippen LogP) is 3.00. The molecule has 1 heterocycles. The van der Waals surface area contributed by atoms with Gasteiger partial charge in [-0.2, -0.15) is 0 Å². The maximum absolute atomic E-state index is 11.0. The van der Waals surface area contributed by atoms with Crippen molar-refractivity contribution in [2.24, 2.45) is 0 Å². The van der Waals surface area contributed by atoms with Crippen molar-refractivity contribution in [1.29, 1.82) is 0 Å². The van der Waals surface area contributed by atoms with E-state index in [0.29, 0.717) is 27.2 Å². The summed E-state index contributed by atoms with van der Waals surface area (Å²) in [5, 5.41) is 6.65. The van der Waals surface area contributed by atoms with Gasteiger partial charge in [0.05, 0.1) is 16.1 Å². The second kappa shape index (κ2) is 4.08. The molecule has 0 radical (unpaired) electrons. The van der Waals surface area contributed by atoms with Crippen LogP contribution in [-0.4, -0.2) is 12.6 Å². The van der Waals surface area contributed by atoms with E-state index < -0.39 is 0 Å². The van der Waals surface area contributed by atoms with Crippen LogP contribution in [0.3, 0.4) is 0 Å². The lowest BCUT2D eigenvalue weighted by Crippen LogP contribution is -2.22. The normalized spacial score (nSPS) is 19.9. The third kappa shape index (κ3) is 2.00.